The van der Waals surface area contributed by atoms with Gasteiger partial charge in [0, 0.05) is 11.1 Å². The van der Waals surface area contributed by atoms with E-state index in [-0.39, 0.29) is 11.3 Å². The van der Waals surface area contributed by atoms with Crippen LogP contribution in [0.2, 0.25) is 0 Å². The topological polar surface area (TPSA) is 66.8 Å². The van der Waals surface area contributed by atoms with E-state index in [1.807, 2.05) is 0 Å². The number of para-hydroxylation sites is 1. The highest BCUT2D eigenvalue weighted by molar-refractivity contribution is 5.92. The van der Waals surface area contributed by atoms with Gasteiger partial charge in [-0.3, -0.25) is 0 Å². The number of hydrogen-bond donors (Lipinski definition) is 2. The molecule has 0 aliphatic carbocycles. The second-order valence-corrected chi connectivity index (χ2v) is 3.03. The molecule has 0 saturated heterocycles. The zero-order chi connectivity index (χ0) is 11.4. The third-order valence-corrected chi connectivity index (χ3v) is 1.96. The number of aliphatic carboxylic acids is 1. The molecule has 1 aromatic carbocycles. The Morgan fingerprint density at radius 3 is 2.67 bits per heavy atom. The van der Waals surface area contributed by atoms with Crippen LogP contribution in [0.15, 0.2) is 23.8 Å². The van der Waals surface area contributed by atoms with Crippen LogP contribution in [-0.4, -0.2) is 23.3 Å². The van der Waals surface area contributed by atoms with E-state index in [1.54, 1.807) is 18.2 Å². The SMILES string of the molecule is COc1cccc(/C=C(\C)C(=O)O)c1O. The second kappa shape index (κ2) is 4.50. The Labute approximate surface area is 87.4 Å². The monoisotopic (exact) mass is 208 g/mol. The van der Waals surface area contributed by atoms with Crippen LogP contribution in [0.25, 0.3) is 6.08 Å². The maximum absolute atomic E-state index is 10.6. The number of rotatable bonds is 3. The number of benzene rings is 1. The summed E-state index contributed by atoms with van der Waals surface area (Å²) in [6.45, 7) is 1.46. The van der Waals surface area contributed by atoms with Gasteiger partial charge in [-0.2, -0.15) is 0 Å². The lowest BCUT2D eigenvalue weighted by Crippen LogP contribution is -1.95. The molecular weight excluding hydrogens is 196 g/mol. The number of carbonyl (C=O) groups is 1. The number of carboxylic acids is 1. The molecule has 0 aliphatic heterocycles. The van der Waals surface area contributed by atoms with Crippen molar-refractivity contribution in [1.29, 1.82) is 0 Å². The molecule has 2 N–H and O–H groups in total. The van der Waals surface area contributed by atoms with Crippen molar-refractivity contribution in [2.24, 2.45) is 0 Å². The molecule has 0 radical (unpaired) electrons. The minimum atomic E-state index is -1.02. The van der Waals surface area contributed by atoms with Gasteiger partial charge in [-0.1, -0.05) is 12.1 Å². The molecule has 0 unspecified atom stereocenters. The van der Waals surface area contributed by atoms with Crippen molar-refractivity contribution in [2.45, 2.75) is 6.92 Å². The Morgan fingerprint density at radius 2 is 2.13 bits per heavy atom. The van der Waals surface area contributed by atoms with Gasteiger partial charge in [-0.15, -0.1) is 0 Å². The van der Waals surface area contributed by atoms with Crippen LogP contribution < -0.4 is 4.74 Å². The van der Waals surface area contributed by atoms with Crippen molar-refractivity contribution in [2.75, 3.05) is 7.11 Å². The molecule has 80 valence electrons. The number of ether oxygens (including phenoxy) is 1. The number of phenolic OH excluding ortho intramolecular Hbond substituents is 1. The van der Waals surface area contributed by atoms with Gasteiger partial charge in [0.25, 0.3) is 0 Å². The summed E-state index contributed by atoms with van der Waals surface area (Å²) in [6.07, 6.45) is 1.39. The van der Waals surface area contributed by atoms with Crippen LogP contribution in [0.1, 0.15) is 12.5 Å². The van der Waals surface area contributed by atoms with Gasteiger partial charge >= 0.3 is 5.97 Å². The van der Waals surface area contributed by atoms with Crippen LogP contribution >= 0.6 is 0 Å². The summed E-state index contributed by atoms with van der Waals surface area (Å²) in [7, 11) is 1.44. The fraction of sp³-hybridized carbons (Fsp3) is 0.182. The van der Waals surface area contributed by atoms with Crippen LogP contribution in [-0.2, 0) is 4.79 Å². The zero-order valence-electron chi connectivity index (χ0n) is 8.52. The van der Waals surface area contributed by atoms with E-state index in [9.17, 15) is 9.90 Å². The predicted octanol–water partition coefficient (Wildman–Crippen LogP) is 1.89. The second-order valence-electron chi connectivity index (χ2n) is 3.03. The molecule has 0 aliphatic rings. The number of carboxylic acid groups (broad SMARTS) is 1. The molecule has 0 fully saturated rings. The zero-order valence-corrected chi connectivity index (χ0v) is 8.52. The summed E-state index contributed by atoms with van der Waals surface area (Å²) in [6, 6.07) is 4.90. The largest absolute Gasteiger partial charge is 0.504 e. The summed E-state index contributed by atoms with van der Waals surface area (Å²) >= 11 is 0. The van der Waals surface area contributed by atoms with E-state index in [4.69, 9.17) is 9.84 Å². The van der Waals surface area contributed by atoms with E-state index in [1.165, 1.54) is 20.1 Å². The first kappa shape index (κ1) is 11.1. The van der Waals surface area contributed by atoms with E-state index in [2.05, 4.69) is 0 Å². The molecule has 4 nitrogen and oxygen atoms in total. The molecule has 0 aromatic heterocycles. The molecule has 4 heteroatoms. The van der Waals surface area contributed by atoms with Crippen molar-refractivity contribution >= 4 is 12.0 Å². The van der Waals surface area contributed by atoms with Crippen LogP contribution in [0, 0.1) is 0 Å². The maximum Gasteiger partial charge on any atom is 0.331 e. The number of aromatic hydroxyl groups is 1. The molecule has 0 amide bonds. The summed E-state index contributed by atoms with van der Waals surface area (Å²) in [5.74, 6) is -0.750. The maximum atomic E-state index is 10.6. The molecule has 0 atom stereocenters. The van der Waals surface area contributed by atoms with Gasteiger partial charge in [0.15, 0.2) is 11.5 Å². The quantitative estimate of drug-likeness (QED) is 0.744. The Morgan fingerprint density at radius 1 is 1.47 bits per heavy atom. The minimum absolute atomic E-state index is 0.0550. The Hall–Kier alpha value is -1.97. The lowest BCUT2D eigenvalue weighted by atomic mass is 10.1. The van der Waals surface area contributed by atoms with Gasteiger partial charge in [-0.05, 0) is 19.1 Å². The molecular formula is C11H12O4. The Bertz CT molecular complexity index is 407. The highest BCUT2D eigenvalue weighted by Gasteiger charge is 2.07. The molecule has 0 heterocycles. The van der Waals surface area contributed by atoms with Crippen LogP contribution in [0.5, 0.6) is 11.5 Å². The van der Waals surface area contributed by atoms with Crippen LogP contribution in [0.3, 0.4) is 0 Å². The highest BCUT2D eigenvalue weighted by atomic mass is 16.5. The van der Waals surface area contributed by atoms with Gasteiger partial charge in [-0.25, -0.2) is 4.79 Å². The molecule has 0 spiro atoms. The summed E-state index contributed by atoms with van der Waals surface area (Å²) < 4.78 is 4.90. The normalized spacial score (nSPS) is 11.2. The van der Waals surface area contributed by atoms with Gasteiger partial charge < -0.3 is 14.9 Å². The van der Waals surface area contributed by atoms with Crippen molar-refractivity contribution in [1.82, 2.24) is 0 Å². The smallest absolute Gasteiger partial charge is 0.331 e. The third kappa shape index (κ3) is 2.49. The van der Waals surface area contributed by atoms with Crippen molar-refractivity contribution in [3.63, 3.8) is 0 Å². The molecule has 1 rings (SSSR count). The van der Waals surface area contributed by atoms with E-state index in [0.717, 1.165) is 0 Å². The van der Waals surface area contributed by atoms with Gasteiger partial charge in [0.05, 0.1) is 7.11 Å². The first-order valence-electron chi connectivity index (χ1n) is 4.34. The lowest BCUT2D eigenvalue weighted by molar-refractivity contribution is -0.132. The van der Waals surface area contributed by atoms with Gasteiger partial charge in [0.2, 0.25) is 0 Å². The average molecular weight is 208 g/mol. The lowest BCUT2D eigenvalue weighted by Gasteiger charge is -2.05. The fourth-order valence-electron chi connectivity index (χ4n) is 1.12. The van der Waals surface area contributed by atoms with Crippen molar-refractivity contribution in [3.8, 4) is 11.5 Å². The van der Waals surface area contributed by atoms with Gasteiger partial charge in [0.1, 0.15) is 0 Å². The molecule has 0 bridgehead atoms. The number of methoxy groups -OCH3 is 1. The third-order valence-electron chi connectivity index (χ3n) is 1.96. The predicted molar refractivity (Wildman–Crippen MR) is 55.9 cm³/mol. The minimum Gasteiger partial charge on any atom is -0.504 e. The van der Waals surface area contributed by atoms with Crippen molar-refractivity contribution in [3.05, 3.63) is 29.3 Å². The molecule has 1 aromatic rings. The number of hydrogen-bond acceptors (Lipinski definition) is 3. The summed E-state index contributed by atoms with van der Waals surface area (Å²) in [5.41, 5.74) is 0.577. The first-order chi connectivity index (χ1) is 7.06. The molecule has 15 heavy (non-hydrogen) atoms. The van der Waals surface area contributed by atoms with E-state index < -0.39 is 5.97 Å². The standard InChI is InChI=1S/C11H12O4/c1-7(11(13)14)6-8-4-3-5-9(15-2)10(8)12/h3-6,12H,1-2H3,(H,13,14)/b7-6+. The summed E-state index contributed by atoms with van der Waals surface area (Å²) in [4.78, 5) is 10.6. The highest BCUT2D eigenvalue weighted by Crippen LogP contribution is 2.30. The van der Waals surface area contributed by atoms with Crippen LogP contribution in [0.4, 0.5) is 0 Å². The van der Waals surface area contributed by atoms with Crippen molar-refractivity contribution < 1.29 is 19.7 Å². The van der Waals surface area contributed by atoms with E-state index in [0.29, 0.717) is 11.3 Å². The fourth-order valence-corrected chi connectivity index (χ4v) is 1.12. The average Bonchev–Trinajstić information content (AvgIpc) is 2.21. The number of phenols is 1. The molecule has 0 saturated carbocycles. The first-order valence-corrected chi connectivity index (χ1v) is 4.34. The Balaban J connectivity index is 3.16. The van der Waals surface area contributed by atoms with E-state index >= 15 is 0 Å². The summed E-state index contributed by atoms with van der Waals surface area (Å²) in [5, 5.41) is 18.3. The Kier molecular flexibility index (Phi) is 3.33.